The number of carbonyl (C=O) groups excluding carboxylic acids is 2. The highest BCUT2D eigenvalue weighted by atomic mass is 35.5. The molecule has 0 heterocycles. The largest absolute Gasteiger partial charge is 0.527 e. The van der Waals surface area contributed by atoms with E-state index in [0.717, 1.165) is 0 Å². The number of hydrogen-bond acceptors (Lipinski definition) is 6. The Labute approximate surface area is 86.1 Å². The number of nitrogens with one attached hydrogen (secondary N) is 1. The Bertz CT molecular complexity index is 208. The monoisotopic (exact) mass is 225 g/mol. The molecule has 0 spiro atoms. The molecule has 0 aliphatic heterocycles. The van der Waals surface area contributed by atoms with E-state index in [1.54, 1.807) is 13.8 Å². The first kappa shape index (κ1) is 13.2. The fraction of sp³-hybridized carbons (Fsp3) is 0.714. The lowest BCUT2D eigenvalue weighted by molar-refractivity contribution is -0.120. The molecule has 0 saturated carbocycles. The Balaban J connectivity index is 3.54. The number of hydrogen-bond donors (Lipinski definition) is 2. The molecule has 6 nitrogen and oxygen atoms in total. The number of hydroxylamine groups is 1. The van der Waals surface area contributed by atoms with E-state index in [0.29, 0.717) is 0 Å². The molecular formula is C7H12ClNO5. The average Bonchev–Trinajstić information content (AvgIpc) is 2.02. The van der Waals surface area contributed by atoms with Crippen molar-refractivity contribution in [1.82, 2.24) is 5.48 Å². The van der Waals surface area contributed by atoms with Gasteiger partial charge in [0.25, 0.3) is 5.24 Å². The van der Waals surface area contributed by atoms with Gasteiger partial charge in [-0.15, -0.1) is 5.48 Å². The lowest BCUT2D eigenvalue weighted by Crippen LogP contribution is -2.33. The summed E-state index contributed by atoms with van der Waals surface area (Å²) in [6.07, 6.45) is -2.65. The van der Waals surface area contributed by atoms with Crippen LogP contribution in [0.15, 0.2) is 0 Å². The van der Waals surface area contributed by atoms with E-state index >= 15 is 0 Å². The van der Waals surface area contributed by atoms with Gasteiger partial charge in [-0.2, -0.15) is 0 Å². The van der Waals surface area contributed by atoms with Gasteiger partial charge in [0.15, 0.2) is 0 Å². The van der Waals surface area contributed by atoms with Gasteiger partial charge in [0.2, 0.25) is 0 Å². The van der Waals surface area contributed by atoms with Crippen molar-refractivity contribution in [3.63, 3.8) is 0 Å². The third kappa shape index (κ3) is 6.64. The van der Waals surface area contributed by atoms with E-state index in [2.05, 4.69) is 9.57 Å². The summed E-state index contributed by atoms with van der Waals surface area (Å²) in [4.78, 5) is 25.3. The summed E-state index contributed by atoms with van der Waals surface area (Å²) in [5.41, 5.74) is 2.04. The maximum absolute atomic E-state index is 10.7. The highest BCUT2D eigenvalue weighted by Crippen LogP contribution is 1.92. The Morgan fingerprint density at radius 2 is 2.07 bits per heavy atom. The first-order valence-corrected chi connectivity index (χ1v) is 4.29. The predicted octanol–water partition coefficient (Wildman–Crippen LogP) is 0.179. The van der Waals surface area contributed by atoms with E-state index in [1.807, 2.05) is 5.48 Å². The fourth-order valence-corrected chi connectivity index (χ4v) is 0.553. The van der Waals surface area contributed by atoms with Crippen LogP contribution in [0, 0.1) is 0 Å². The van der Waals surface area contributed by atoms with Crippen LogP contribution < -0.4 is 5.48 Å². The quantitative estimate of drug-likeness (QED) is 0.394. The number of rotatable bonds is 5. The minimum Gasteiger partial charge on any atom is -0.430 e. The molecule has 0 aromatic heterocycles. The van der Waals surface area contributed by atoms with Crippen LogP contribution in [0.5, 0.6) is 0 Å². The molecule has 14 heavy (non-hydrogen) atoms. The van der Waals surface area contributed by atoms with E-state index in [-0.39, 0.29) is 12.6 Å². The lowest BCUT2D eigenvalue weighted by atomic mass is 10.4. The van der Waals surface area contributed by atoms with Crippen LogP contribution in [-0.2, 0) is 14.4 Å². The zero-order valence-electron chi connectivity index (χ0n) is 7.82. The third-order valence-corrected chi connectivity index (χ3v) is 1.28. The zero-order chi connectivity index (χ0) is 11.1. The van der Waals surface area contributed by atoms with Gasteiger partial charge in [0.1, 0.15) is 6.10 Å². The molecule has 0 aliphatic rings. The lowest BCUT2D eigenvalue weighted by Gasteiger charge is -2.09. The first-order chi connectivity index (χ1) is 6.43. The molecule has 0 bridgehead atoms. The van der Waals surface area contributed by atoms with Gasteiger partial charge < -0.3 is 14.7 Å². The van der Waals surface area contributed by atoms with Crippen LogP contribution in [-0.4, -0.2) is 35.3 Å². The highest BCUT2D eigenvalue weighted by molar-refractivity contribution is 6.64. The standard InChI is InChI=1S/C7H12ClNO5/c1-4(2)13-7(12)14-9-3-5(10)6(8)11/h4-5,9-10H,3H2,1-2H3. The van der Waals surface area contributed by atoms with Crippen molar-refractivity contribution in [2.75, 3.05) is 6.54 Å². The van der Waals surface area contributed by atoms with E-state index in [9.17, 15) is 9.59 Å². The molecule has 0 radical (unpaired) electrons. The van der Waals surface area contributed by atoms with Crippen LogP contribution in [0.3, 0.4) is 0 Å². The van der Waals surface area contributed by atoms with Gasteiger partial charge in [-0.1, -0.05) is 0 Å². The van der Waals surface area contributed by atoms with Crippen LogP contribution in [0.1, 0.15) is 13.8 Å². The highest BCUT2D eigenvalue weighted by Gasteiger charge is 2.13. The molecule has 1 unspecified atom stereocenters. The van der Waals surface area contributed by atoms with Crippen LogP contribution >= 0.6 is 11.6 Å². The second-order valence-corrected chi connectivity index (χ2v) is 3.06. The van der Waals surface area contributed by atoms with E-state index < -0.39 is 17.5 Å². The summed E-state index contributed by atoms with van der Waals surface area (Å²) < 4.78 is 4.57. The Morgan fingerprint density at radius 1 is 1.50 bits per heavy atom. The molecule has 0 aliphatic carbocycles. The van der Waals surface area contributed by atoms with Crippen LogP contribution in [0.4, 0.5) is 4.79 Å². The molecule has 0 aromatic carbocycles. The molecule has 1 atom stereocenters. The Kier molecular flexibility index (Phi) is 6.18. The minimum absolute atomic E-state index is 0.282. The number of aliphatic hydroxyl groups excluding tert-OH is 1. The fourth-order valence-electron chi connectivity index (χ4n) is 0.476. The molecule has 7 heteroatoms. The smallest absolute Gasteiger partial charge is 0.430 e. The molecule has 0 aromatic rings. The SMILES string of the molecule is CC(C)OC(=O)ONCC(O)C(=O)Cl. The summed E-state index contributed by atoms with van der Waals surface area (Å²) in [5.74, 6) is 0. The molecule has 0 saturated heterocycles. The number of carbonyl (C=O) groups is 2. The Hall–Kier alpha value is -0.850. The molecule has 2 N–H and O–H groups in total. The maximum atomic E-state index is 10.7. The van der Waals surface area contributed by atoms with Crippen molar-refractivity contribution in [2.45, 2.75) is 26.1 Å². The Morgan fingerprint density at radius 3 is 2.50 bits per heavy atom. The topological polar surface area (TPSA) is 84.9 Å². The molecule has 0 amide bonds. The number of ether oxygens (including phenoxy) is 1. The number of halogens is 1. The molecule has 82 valence electrons. The van der Waals surface area contributed by atoms with Gasteiger partial charge in [-0.3, -0.25) is 4.79 Å². The van der Waals surface area contributed by atoms with Crippen LogP contribution in [0.2, 0.25) is 0 Å². The van der Waals surface area contributed by atoms with Crippen molar-refractivity contribution < 1.29 is 24.3 Å². The second-order valence-electron chi connectivity index (χ2n) is 2.69. The molecule has 0 fully saturated rings. The van der Waals surface area contributed by atoms with Crippen LogP contribution in [0.25, 0.3) is 0 Å². The van der Waals surface area contributed by atoms with Gasteiger partial charge >= 0.3 is 6.16 Å². The summed E-state index contributed by atoms with van der Waals surface area (Å²) in [7, 11) is 0. The maximum Gasteiger partial charge on any atom is 0.527 e. The summed E-state index contributed by atoms with van der Waals surface area (Å²) in [6.45, 7) is 3.02. The summed E-state index contributed by atoms with van der Waals surface area (Å²) in [5, 5.41) is 7.91. The van der Waals surface area contributed by atoms with E-state index in [4.69, 9.17) is 16.7 Å². The van der Waals surface area contributed by atoms with E-state index in [1.165, 1.54) is 0 Å². The molecule has 0 rings (SSSR count). The molecular weight excluding hydrogens is 214 g/mol. The summed E-state index contributed by atoms with van der Waals surface area (Å²) >= 11 is 4.93. The van der Waals surface area contributed by atoms with Gasteiger partial charge in [0, 0.05) is 0 Å². The first-order valence-electron chi connectivity index (χ1n) is 3.91. The van der Waals surface area contributed by atoms with Crippen molar-refractivity contribution in [2.24, 2.45) is 0 Å². The normalized spacial score (nSPS) is 12.4. The average molecular weight is 226 g/mol. The minimum atomic E-state index is -1.41. The number of aliphatic hydroxyl groups is 1. The van der Waals surface area contributed by atoms with Gasteiger partial charge in [-0.25, -0.2) is 4.79 Å². The summed E-state index contributed by atoms with van der Waals surface area (Å²) in [6, 6.07) is 0. The third-order valence-electron chi connectivity index (χ3n) is 1.03. The van der Waals surface area contributed by atoms with Crippen molar-refractivity contribution in [3.05, 3.63) is 0 Å². The predicted molar refractivity (Wildman–Crippen MR) is 47.6 cm³/mol. The van der Waals surface area contributed by atoms with Crippen molar-refractivity contribution in [3.8, 4) is 0 Å². The second kappa shape index (κ2) is 6.58. The van der Waals surface area contributed by atoms with Crippen molar-refractivity contribution >= 4 is 23.0 Å². The van der Waals surface area contributed by atoms with Gasteiger partial charge in [0.05, 0.1) is 12.6 Å². The van der Waals surface area contributed by atoms with Gasteiger partial charge in [-0.05, 0) is 25.4 Å². The zero-order valence-corrected chi connectivity index (χ0v) is 8.58. The van der Waals surface area contributed by atoms with Crippen molar-refractivity contribution in [1.29, 1.82) is 0 Å².